The maximum absolute atomic E-state index is 4.60. The van der Waals surface area contributed by atoms with Gasteiger partial charge in [0.05, 0.1) is 0 Å². The lowest BCUT2D eigenvalue weighted by molar-refractivity contribution is 0.328. The van der Waals surface area contributed by atoms with Crippen LogP contribution in [0, 0.1) is 0 Å². The summed E-state index contributed by atoms with van der Waals surface area (Å²) < 4.78 is 0. The third kappa shape index (κ3) is 3.23. The van der Waals surface area contributed by atoms with Crippen LogP contribution < -0.4 is 0 Å². The van der Waals surface area contributed by atoms with Crippen molar-refractivity contribution in [3.8, 4) is 0 Å². The first-order valence-electron chi connectivity index (χ1n) is 8.68. The van der Waals surface area contributed by atoms with Gasteiger partial charge in [0, 0.05) is 24.4 Å². The van der Waals surface area contributed by atoms with Gasteiger partial charge in [-0.25, -0.2) is 0 Å². The molecule has 1 unspecified atom stereocenters. The van der Waals surface area contributed by atoms with Crippen LogP contribution in [0.1, 0.15) is 43.5 Å². The number of allylic oxidation sites excluding steroid dienone is 1. The van der Waals surface area contributed by atoms with Crippen molar-refractivity contribution in [2.45, 2.75) is 33.1 Å². The van der Waals surface area contributed by atoms with Crippen molar-refractivity contribution in [3.63, 3.8) is 0 Å². The molecule has 0 fully saturated rings. The molecule has 1 aromatic carbocycles. The van der Waals surface area contributed by atoms with E-state index in [1.165, 1.54) is 16.7 Å². The molecule has 1 heterocycles. The highest BCUT2D eigenvalue weighted by Gasteiger charge is 2.27. The van der Waals surface area contributed by atoms with Gasteiger partial charge in [-0.15, -0.1) is 0 Å². The van der Waals surface area contributed by atoms with Crippen molar-refractivity contribution in [2.75, 3.05) is 19.6 Å². The quantitative estimate of drug-likeness (QED) is 0.779. The molecule has 1 atom stereocenters. The van der Waals surface area contributed by atoms with Crippen molar-refractivity contribution in [1.82, 2.24) is 9.88 Å². The molecule has 1 aliphatic carbocycles. The van der Waals surface area contributed by atoms with Crippen LogP contribution in [0.4, 0.5) is 0 Å². The standard InChI is InChI=1S/C21H26N2/c1-4-23(5-2)15-18-14-17-10-6-7-11-19(17)21(18)16(3)20-12-8-9-13-22-20/h6-13,16H,4-5,14-15H2,1-3H3. The van der Waals surface area contributed by atoms with Gasteiger partial charge < -0.3 is 0 Å². The van der Waals surface area contributed by atoms with Gasteiger partial charge in [-0.2, -0.15) is 0 Å². The second-order valence-corrected chi connectivity index (χ2v) is 6.29. The van der Waals surface area contributed by atoms with Gasteiger partial charge in [-0.3, -0.25) is 9.88 Å². The summed E-state index contributed by atoms with van der Waals surface area (Å²) in [5.41, 5.74) is 7.11. The first-order chi connectivity index (χ1) is 11.2. The number of likely N-dealkylation sites (N-methyl/N-ethyl adjacent to an activating group) is 1. The monoisotopic (exact) mass is 306 g/mol. The van der Waals surface area contributed by atoms with Gasteiger partial charge in [-0.05, 0) is 53.9 Å². The molecule has 0 radical (unpaired) electrons. The van der Waals surface area contributed by atoms with E-state index < -0.39 is 0 Å². The first-order valence-corrected chi connectivity index (χ1v) is 8.68. The first kappa shape index (κ1) is 15.9. The Morgan fingerprint density at radius 2 is 1.78 bits per heavy atom. The van der Waals surface area contributed by atoms with Gasteiger partial charge in [0.25, 0.3) is 0 Å². The molecular weight excluding hydrogens is 280 g/mol. The fourth-order valence-corrected chi connectivity index (χ4v) is 3.63. The maximum atomic E-state index is 4.60. The summed E-state index contributed by atoms with van der Waals surface area (Å²) >= 11 is 0. The highest BCUT2D eigenvalue weighted by atomic mass is 15.1. The summed E-state index contributed by atoms with van der Waals surface area (Å²) in [6, 6.07) is 15.1. The molecule has 2 heteroatoms. The van der Waals surface area contributed by atoms with E-state index in [9.17, 15) is 0 Å². The molecule has 2 aromatic rings. The lowest BCUT2D eigenvalue weighted by Crippen LogP contribution is -2.26. The SMILES string of the molecule is CCN(CC)CC1=C(C(C)c2ccccn2)c2ccccc2C1. The average molecular weight is 306 g/mol. The van der Waals surface area contributed by atoms with Crippen LogP contribution in [0.25, 0.3) is 5.57 Å². The number of rotatable bonds is 6. The number of pyridine rings is 1. The molecule has 1 aliphatic rings. The molecule has 2 nitrogen and oxygen atoms in total. The van der Waals surface area contributed by atoms with Gasteiger partial charge in [0.1, 0.15) is 0 Å². The highest BCUT2D eigenvalue weighted by Crippen LogP contribution is 2.41. The van der Waals surface area contributed by atoms with Crippen LogP contribution in [-0.2, 0) is 6.42 Å². The second-order valence-electron chi connectivity index (χ2n) is 6.29. The van der Waals surface area contributed by atoms with Crippen LogP contribution in [0.3, 0.4) is 0 Å². The smallest absolute Gasteiger partial charge is 0.0475 e. The van der Waals surface area contributed by atoms with Crippen LogP contribution >= 0.6 is 0 Å². The third-order valence-corrected chi connectivity index (χ3v) is 4.97. The fraction of sp³-hybridized carbons (Fsp3) is 0.381. The zero-order chi connectivity index (χ0) is 16.2. The topological polar surface area (TPSA) is 16.1 Å². The lowest BCUT2D eigenvalue weighted by Gasteiger charge is -2.22. The van der Waals surface area contributed by atoms with E-state index in [0.29, 0.717) is 5.92 Å². The lowest BCUT2D eigenvalue weighted by atomic mass is 9.90. The molecule has 0 aliphatic heterocycles. The summed E-state index contributed by atoms with van der Waals surface area (Å²) in [5, 5.41) is 0. The van der Waals surface area contributed by atoms with E-state index >= 15 is 0 Å². The summed E-state index contributed by atoms with van der Waals surface area (Å²) in [5.74, 6) is 0.338. The minimum Gasteiger partial charge on any atom is -0.300 e. The van der Waals surface area contributed by atoms with Gasteiger partial charge in [0.15, 0.2) is 0 Å². The fourth-order valence-electron chi connectivity index (χ4n) is 3.63. The number of nitrogens with zero attached hydrogens (tertiary/aromatic N) is 2. The zero-order valence-electron chi connectivity index (χ0n) is 14.4. The molecule has 3 rings (SSSR count). The Morgan fingerprint density at radius 1 is 1.04 bits per heavy atom. The van der Waals surface area contributed by atoms with Crippen molar-refractivity contribution < 1.29 is 0 Å². The van der Waals surface area contributed by atoms with E-state index in [4.69, 9.17) is 0 Å². The predicted octanol–water partition coefficient (Wildman–Crippen LogP) is 4.54. The number of hydrogen-bond donors (Lipinski definition) is 0. The molecule has 0 amide bonds. The maximum Gasteiger partial charge on any atom is 0.0475 e. The Bertz CT molecular complexity index is 684. The van der Waals surface area contributed by atoms with E-state index in [-0.39, 0.29) is 0 Å². The second kappa shape index (κ2) is 7.10. The van der Waals surface area contributed by atoms with E-state index in [0.717, 1.165) is 31.7 Å². The van der Waals surface area contributed by atoms with Crippen LogP contribution in [0.15, 0.2) is 54.2 Å². The Labute approximate surface area is 139 Å². The van der Waals surface area contributed by atoms with Crippen molar-refractivity contribution in [3.05, 3.63) is 71.1 Å². The Morgan fingerprint density at radius 3 is 2.48 bits per heavy atom. The van der Waals surface area contributed by atoms with Gasteiger partial charge in [0.2, 0.25) is 0 Å². The Hall–Kier alpha value is -1.93. The van der Waals surface area contributed by atoms with Crippen LogP contribution in [0.2, 0.25) is 0 Å². The number of aromatic nitrogens is 1. The molecule has 0 saturated heterocycles. The largest absolute Gasteiger partial charge is 0.300 e. The summed E-state index contributed by atoms with van der Waals surface area (Å²) in [6.45, 7) is 10.0. The van der Waals surface area contributed by atoms with E-state index in [1.807, 2.05) is 12.3 Å². The summed E-state index contributed by atoms with van der Waals surface area (Å²) in [4.78, 5) is 7.11. The normalized spacial score (nSPS) is 15.1. The summed E-state index contributed by atoms with van der Waals surface area (Å²) in [6.07, 6.45) is 2.98. The van der Waals surface area contributed by atoms with Crippen molar-refractivity contribution in [1.29, 1.82) is 0 Å². The van der Waals surface area contributed by atoms with E-state index in [2.05, 4.69) is 67.1 Å². The molecule has 120 valence electrons. The third-order valence-electron chi connectivity index (χ3n) is 4.97. The Balaban J connectivity index is 2.01. The molecule has 0 bridgehead atoms. The molecule has 0 N–H and O–H groups in total. The van der Waals surface area contributed by atoms with Crippen LogP contribution in [-0.4, -0.2) is 29.5 Å². The predicted molar refractivity (Wildman–Crippen MR) is 97.5 cm³/mol. The number of fused-ring (bicyclic) bond motifs is 1. The minimum atomic E-state index is 0.338. The van der Waals surface area contributed by atoms with Gasteiger partial charge >= 0.3 is 0 Å². The van der Waals surface area contributed by atoms with Crippen LogP contribution in [0.5, 0.6) is 0 Å². The molecular formula is C21H26N2. The molecule has 1 aromatic heterocycles. The Kier molecular flexibility index (Phi) is 4.92. The molecule has 23 heavy (non-hydrogen) atoms. The van der Waals surface area contributed by atoms with Crippen molar-refractivity contribution >= 4 is 5.57 Å². The molecule has 0 spiro atoms. The zero-order valence-corrected chi connectivity index (χ0v) is 14.4. The molecule has 0 saturated carbocycles. The highest BCUT2D eigenvalue weighted by molar-refractivity contribution is 5.80. The number of benzene rings is 1. The van der Waals surface area contributed by atoms with Gasteiger partial charge in [-0.1, -0.05) is 51.1 Å². The van der Waals surface area contributed by atoms with E-state index in [1.54, 1.807) is 5.57 Å². The minimum absolute atomic E-state index is 0.338. The average Bonchev–Trinajstić information content (AvgIpc) is 2.97. The summed E-state index contributed by atoms with van der Waals surface area (Å²) in [7, 11) is 0. The van der Waals surface area contributed by atoms with Crippen molar-refractivity contribution in [2.24, 2.45) is 0 Å². The number of hydrogen-bond acceptors (Lipinski definition) is 2.